The largest absolute Gasteiger partial charge is 0.445 e. The summed E-state index contributed by atoms with van der Waals surface area (Å²) in [5, 5.41) is 15.3. The molecule has 1 unspecified atom stereocenters. The number of nitrogens with zero attached hydrogens (tertiary/aromatic N) is 1. The van der Waals surface area contributed by atoms with E-state index in [9.17, 15) is 14.7 Å². The van der Waals surface area contributed by atoms with Gasteiger partial charge in [0, 0.05) is 0 Å². The lowest BCUT2D eigenvalue weighted by Gasteiger charge is -2.14. The van der Waals surface area contributed by atoms with Gasteiger partial charge in [-0.2, -0.15) is 5.10 Å². The molecule has 1 atom stereocenters. The van der Waals surface area contributed by atoms with Crippen LogP contribution in [0.25, 0.3) is 0 Å². The Balaban J connectivity index is 1.78. The minimum absolute atomic E-state index is 0.0681. The van der Waals surface area contributed by atoms with E-state index in [-0.39, 0.29) is 6.61 Å². The van der Waals surface area contributed by atoms with Crippen LogP contribution in [0.5, 0.6) is 0 Å². The summed E-state index contributed by atoms with van der Waals surface area (Å²) < 4.78 is 5.00. The highest BCUT2D eigenvalue weighted by molar-refractivity contribution is 5.87. The van der Waals surface area contributed by atoms with Gasteiger partial charge < -0.3 is 15.2 Å². The quantitative estimate of drug-likeness (QED) is 0.524. The topological polar surface area (TPSA) is 100 Å². The molecular formula is C18H19N3O4. The Kier molecular flexibility index (Phi) is 7.14. The Morgan fingerprint density at radius 3 is 2.36 bits per heavy atom. The van der Waals surface area contributed by atoms with E-state index in [1.807, 2.05) is 60.7 Å². The molecule has 2 aromatic carbocycles. The number of nitrogens with one attached hydrogen (secondary N) is 2. The van der Waals surface area contributed by atoms with Crippen molar-refractivity contribution in [1.29, 1.82) is 0 Å². The lowest BCUT2D eigenvalue weighted by atomic mass is 10.2. The van der Waals surface area contributed by atoms with Crippen LogP contribution in [0.2, 0.25) is 0 Å². The Hall–Kier alpha value is -3.19. The van der Waals surface area contributed by atoms with Gasteiger partial charge in [-0.25, -0.2) is 10.2 Å². The number of hydrogen-bond acceptors (Lipinski definition) is 5. The van der Waals surface area contributed by atoms with E-state index in [2.05, 4.69) is 15.8 Å². The van der Waals surface area contributed by atoms with Crippen molar-refractivity contribution in [2.45, 2.75) is 12.6 Å². The molecule has 7 nitrogen and oxygen atoms in total. The van der Waals surface area contributed by atoms with Crippen LogP contribution in [0.1, 0.15) is 11.1 Å². The van der Waals surface area contributed by atoms with Gasteiger partial charge in [0.05, 0.1) is 12.8 Å². The number of amides is 2. The molecule has 2 rings (SSSR count). The molecule has 0 bridgehead atoms. The average Bonchev–Trinajstić information content (AvgIpc) is 2.66. The molecular weight excluding hydrogens is 322 g/mol. The number of hydrazone groups is 1. The van der Waals surface area contributed by atoms with Gasteiger partial charge in [-0.15, -0.1) is 0 Å². The first-order valence-electron chi connectivity index (χ1n) is 7.65. The van der Waals surface area contributed by atoms with Crippen molar-refractivity contribution in [2.24, 2.45) is 5.10 Å². The normalized spacial score (nSPS) is 11.7. The maximum atomic E-state index is 11.9. The summed E-state index contributed by atoms with van der Waals surface area (Å²) in [6.07, 6.45) is 0.658. The van der Waals surface area contributed by atoms with Crippen LogP contribution >= 0.6 is 0 Å². The lowest BCUT2D eigenvalue weighted by molar-refractivity contribution is -0.123. The van der Waals surface area contributed by atoms with Crippen LogP contribution < -0.4 is 10.7 Å². The van der Waals surface area contributed by atoms with E-state index in [1.165, 1.54) is 6.21 Å². The van der Waals surface area contributed by atoms with Gasteiger partial charge in [0.1, 0.15) is 12.6 Å². The van der Waals surface area contributed by atoms with Crippen LogP contribution in [0.3, 0.4) is 0 Å². The Morgan fingerprint density at radius 2 is 1.72 bits per heavy atom. The van der Waals surface area contributed by atoms with Gasteiger partial charge in [0.25, 0.3) is 5.91 Å². The van der Waals surface area contributed by atoms with Crippen LogP contribution in [0, 0.1) is 0 Å². The second-order valence-electron chi connectivity index (χ2n) is 5.09. The van der Waals surface area contributed by atoms with Crippen molar-refractivity contribution >= 4 is 18.2 Å². The summed E-state index contributed by atoms with van der Waals surface area (Å²) in [5.41, 5.74) is 3.88. The first-order valence-corrected chi connectivity index (χ1v) is 7.65. The number of rotatable bonds is 7. The zero-order valence-corrected chi connectivity index (χ0v) is 13.5. The number of carbonyl (C=O) groups is 2. The van der Waals surface area contributed by atoms with Gasteiger partial charge in [-0.1, -0.05) is 60.7 Å². The second kappa shape index (κ2) is 9.84. The molecule has 0 aliphatic rings. The summed E-state index contributed by atoms with van der Waals surface area (Å²) in [6, 6.07) is 17.1. The number of ether oxygens (including phenoxy) is 1. The molecule has 0 fully saturated rings. The van der Waals surface area contributed by atoms with Gasteiger partial charge in [-0.05, 0) is 11.1 Å². The number of aliphatic hydroxyl groups is 1. The first kappa shape index (κ1) is 18.2. The molecule has 0 aliphatic heterocycles. The zero-order valence-electron chi connectivity index (χ0n) is 13.5. The maximum absolute atomic E-state index is 11.9. The van der Waals surface area contributed by atoms with Crippen molar-refractivity contribution < 1.29 is 19.4 Å². The fraction of sp³-hybridized carbons (Fsp3) is 0.167. The van der Waals surface area contributed by atoms with Crippen LogP contribution in [-0.2, 0) is 16.1 Å². The third-order valence-electron chi connectivity index (χ3n) is 3.19. The van der Waals surface area contributed by atoms with Gasteiger partial charge >= 0.3 is 6.09 Å². The fourth-order valence-electron chi connectivity index (χ4n) is 1.89. The first-order chi connectivity index (χ1) is 12.2. The third kappa shape index (κ3) is 6.44. The monoisotopic (exact) mass is 341 g/mol. The summed E-state index contributed by atoms with van der Waals surface area (Å²) >= 11 is 0. The van der Waals surface area contributed by atoms with E-state index < -0.39 is 24.6 Å². The number of aliphatic hydroxyl groups excluding tert-OH is 1. The van der Waals surface area contributed by atoms with Crippen molar-refractivity contribution in [2.75, 3.05) is 6.61 Å². The Bertz CT molecular complexity index is 705. The van der Waals surface area contributed by atoms with Gasteiger partial charge in [-0.3, -0.25) is 4.79 Å². The zero-order chi connectivity index (χ0) is 17.9. The van der Waals surface area contributed by atoms with Crippen molar-refractivity contribution in [3.63, 3.8) is 0 Å². The van der Waals surface area contributed by atoms with Crippen LogP contribution in [0.4, 0.5) is 4.79 Å². The van der Waals surface area contributed by atoms with Gasteiger partial charge in [0.15, 0.2) is 0 Å². The molecule has 7 heteroatoms. The summed E-state index contributed by atoms with van der Waals surface area (Å²) in [6.45, 7) is -0.508. The van der Waals surface area contributed by atoms with E-state index in [0.29, 0.717) is 0 Å². The van der Waals surface area contributed by atoms with E-state index in [1.54, 1.807) is 0 Å². The predicted octanol–water partition coefficient (Wildman–Crippen LogP) is 1.42. The summed E-state index contributed by atoms with van der Waals surface area (Å²) in [5.74, 6) is -0.647. The predicted molar refractivity (Wildman–Crippen MR) is 92.8 cm³/mol. The minimum Gasteiger partial charge on any atom is -0.445 e. The number of carbonyl (C=O) groups excluding carboxylic acids is 2. The molecule has 2 aromatic rings. The summed E-state index contributed by atoms with van der Waals surface area (Å²) in [4.78, 5) is 23.6. The molecule has 0 saturated heterocycles. The highest BCUT2D eigenvalue weighted by Gasteiger charge is 2.20. The molecule has 2 amide bonds. The highest BCUT2D eigenvalue weighted by Crippen LogP contribution is 2.00. The fourth-order valence-corrected chi connectivity index (χ4v) is 1.89. The van der Waals surface area contributed by atoms with Crippen molar-refractivity contribution in [3.05, 3.63) is 71.8 Å². The molecule has 0 saturated carbocycles. The van der Waals surface area contributed by atoms with Gasteiger partial charge in [0.2, 0.25) is 0 Å². The molecule has 0 spiro atoms. The highest BCUT2D eigenvalue weighted by atomic mass is 16.5. The molecule has 0 radical (unpaired) electrons. The number of hydrogen-bond donors (Lipinski definition) is 3. The molecule has 3 N–H and O–H groups in total. The molecule has 0 heterocycles. The smallest absolute Gasteiger partial charge is 0.408 e. The summed E-state index contributed by atoms with van der Waals surface area (Å²) in [7, 11) is 0. The Morgan fingerprint density at radius 1 is 1.08 bits per heavy atom. The molecule has 130 valence electrons. The van der Waals surface area contributed by atoms with Crippen LogP contribution in [-0.4, -0.2) is 36.0 Å². The van der Waals surface area contributed by atoms with Crippen molar-refractivity contribution in [1.82, 2.24) is 10.7 Å². The standard InChI is InChI=1S/C18H19N3O4/c22-12-16(17(23)21-19-11-14-7-3-1-4-8-14)20-18(24)25-13-15-9-5-2-6-10-15/h1-11,16,22H,12-13H2,(H,20,24)(H,21,23). The molecule has 0 aliphatic carbocycles. The number of alkyl carbamates (subject to hydrolysis) is 1. The maximum Gasteiger partial charge on any atom is 0.408 e. The average molecular weight is 341 g/mol. The van der Waals surface area contributed by atoms with E-state index in [4.69, 9.17) is 4.74 Å². The van der Waals surface area contributed by atoms with E-state index in [0.717, 1.165) is 11.1 Å². The Labute approximate surface area is 145 Å². The van der Waals surface area contributed by atoms with Crippen molar-refractivity contribution in [3.8, 4) is 0 Å². The SMILES string of the molecule is O=C(NC(CO)C(=O)NN=Cc1ccccc1)OCc1ccccc1. The van der Waals surface area contributed by atoms with Crippen LogP contribution in [0.15, 0.2) is 65.8 Å². The molecule has 25 heavy (non-hydrogen) atoms. The molecule has 0 aromatic heterocycles. The lowest BCUT2D eigenvalue weighted by Crippen LogP contribution is -2.47. The van der Waals surface area contributed by atoms with E-state index >= 15 is 0 Å². The number of benzene rings is 2. The third-order valence-corrected chi connectivity index (χ3v) is 3.19. The second-order valence-corrected chi connectivity index (χ2v) is 5.09. The minimum atomic E-state index is -1.16.